The maximum Gasteiger partial charge on any atom is 0.128 e. The molecule has 1 saturated heterocycles. The first-order valence-electron chi connectivity index (χ1n) is 9.56. The van der Waals surface area contributed by atoms with Crippen molar-refractivity contribution in [2.75, 3.05) is 31.6 Å². The lowest BCUT2D eigenvalue weighted by Crippen LogP contribution is -2.35. The molecule has 2 fully saturated rings. The molecule has 0 spiro atoms. The van der Waals surface area contributed by atoms with Gasteiger partial charge < -0.3 is 4.90 Å². The molecular formula is C21H28N4. The summed E-state index contributed by atoms with van der Waals surface area (Å²) >= 11 is 0. The molecule has 1 saturated carbocycles. The van der Waals surface area contributed by atoms with Crippen molar-refractivity contribution in [3.63, 3.8) is 0 Å². The standard InChI is InChI=1S/C21H28N4/c1-24(21-12-9-19(16-22)17-23-21)20-10-7-18(8-11-20)6-5-15-25-13-3-2-4-14-25/h9,12,17-18,20H,2-4,7-8,10-11,13-15H2,1H3/t18-,20-. The highest BCUT2D eigenvalue weighted by atomic mass is 15.2. The van der Waals surface area contributed by atoms with Crippen molar-refractivity contribution < 1.29 is 0 Å². The Bertz CT molecular complexity index is 635. The van der Waals surface area contributed by atoms with E-state index in [1.165, 1.54) is 58.0 Å². The summed E-state index contributed by atoms with van der Waals surface area (Å²) in [5, 5.41) is 8.88. The lowest BCUT2D eigenvalue weighted by atomic mass is 9.86. The summed E-state index contributed by atoms with van der Waals surface area (Å²) in [6.45, 7) is 3.41. The molecule has 0 unspecified atom stereocenters. The van der Waals surface area contributed by atoms with Gasteiger partial charge in [0, 0.05) is 25.2 Å². The molecule has 2 heterocycles. The van der Waals surface area contributed by atoms with Crippen molar-refractivity contribution in [1.29, 1.82) is 5.26 Å². The zero-order valence-electron chi connectivity index (χ0n) is 15.2. The monoisotopic (exact) mass is 336 g/mol. The van der Waals surface area contributed by atoms with E-state index in [9.17, 15) is 0 Å². The van der Waals surface area contributed by atoms with Gasteiger partial charge in [-0.05, 0) is 63.7 Å². The Labute approximate surface area is 151 Å². The molecule has 0 atom stereocenters. The molecule has 25 heavy (non-hydrogen) atoms. The van der Waals surface area contributed by atoms with Crippen LogP contribution in [-0.2, 0) is 0 Å². The van der Waals surface area contributed by atoms with E-state index in [0.29, 0.717) is 17.5 Å². The van der Waals surface area contributed by atoms with Crippen LogP contribution >= 0.6 is 0 Å². The zero-order valence-corrected chi connectivity index (χ0v) is 15.2. The quantitative estimate of drug-likeness (QED) is 0.793. The molecule has 4 nitrogen and oxygen atoms in total. The number of nitrogens with zero attached hydrogens (tertiary/aromatic N) is 4. The number of rotatable bonds is 3. The van der Waals surface area contributed by atoms with Gasteiger partial charge in [0.25, 0.3) is 0 Å². The number of pyridine rings is 1. The van der Waals surface area contributed by atoms with Crippen LogP contribution in [0.3, 0.4) is 0 Å². The van der Waals surface area contributed by atoms with Crippen LogP contribution in [0.5, 0.6) is 0 Å². The number of anilines is 1. The minimum atomic E-state index is 0.528. The molecule has 1 aliphatic carbocycles. The van der Waals surface area contributed by atoms with Gasteiger partial charge >= 0.3 is 0 Å². The maximum atomic E-state index is 8.88. The average molecular weight is 336 g/mol. The third kappa shape index (κ3) is 4.97. The molecule has 0 N–H and O–H groups in total. The largest absolute Gasteiger partial charge is 0.357 e. The summed E-state index contributed by atoms with van der Waals surface area (Å²) in [4.78, 5) is 9.17. The summed E-state index contributed by atoms with van der Waals surface area (Å²) in [5.74, 6) is 8.47. The summed E-state index contributed by atoms with van der Waals surface area (Å²) in [5.41, 5.74) is 0.616. The molecule has 0 amide bonds. The van der Waals surface area contributed by atoms with Crippen molar-refractivity contribution in [1.82, 2.24) is 9.88 Å². The molecule has 1 aromatic rings. The first kappa shape index (κ1) is 17.8. The van der Waals surface area contributed by atoms with E-state index in [1.54, 1.807) is 6.20 Å². The Balaban J connectivity index is 1.45. The maximum absolute atomic E-state index is 8.88. The molecule has 1 aliphatic heterocycles. The van der Waals surface area contributed by atoms with Gasteiger partial charge in [-0.25, -0.2) is 4.98 Å². The Morgan fingerprint density at radius 1 is 1.16 bits per heavy atom. The van der Waals surface area contributed by atoms with Crippen LogP contribution < -0.4 is 4.90 Å². The highest BCUT2D eigenvalue weighted by Gasteiger charge is 2.23. The number of hydrogen-bond acceptors (Lipinski definition) is 4. The molecule has 4 heteroatoms. The van der Waals surface area contributed by atoms with Crippen molar-refractivity contribution in [3.05, 3.63) is 23.9 Å². The third-order valence-electron chi connectivity index (χ3n) is 5.54. The van der Waals surface area contributed by atoms with E-state index < -0.39 is 0 Å². The number of piperidine rings is 1. The summed E-state index contributed by atoms with van der Waals surface area (Å²) in [6, 6.07) is 6.44. The molecule has 2 aliphatic rings. The van der Waals surface area contributed by atoms with Gasteiger partial charge in [0.2, 0.25) is 0 Å². The van der Waals surface area contributed by atoms with Crippen LogP contribution in [0.4, 0.5) is 5.82 Å². The molecule has 132 valence electrons. The molecule has 3 rings (SSSR count). The van der Waals surface area contributed by atoms with Crippen molar-refractivity contribution in [2.45, 2.75) is 51.0 Å². The van der Waals surface area contributed by atoms with Crippen molar-refractivity contribution in [2.24, 2.45) is 5.92 Å². The summed E-state index contributed by atoms with van der Waals surface area (Å²) in [6.07, 6.45) is 10.4. The van der Waals surface area contributed by atoms with Crippen molar-refractivity contribution >= 4 is 5.82 Å². The fourth-order valence-electron chi connectivity index (χ4n) is 3.87. The Kier molecular flexibility index (Phi) is 6.31. The second kappa shape index (κ2) is 8.88. The van der Waals surface area contributed by atoms with Gasteiger partial charge in [-0.1, -0.05) is 18.3 Å². The predicted molar refractivity (Wildman–Crippen MR) is 101 cm³/mol. The first-order chi connectivity index (χ1) is 12.3. The van der Waals surface area contributed by atoms with Gasteiger partial charge in [-0.3, -0.25) is 4.90 Å². The molecule has 0 bridgehead atoms. The Hall–Kier alpha value is -2.04. The van der Waals surface area contributed by atoms with Crippen LogP contribution in [0.1, 0.15) is 50.5 Å². The summed E-state index contributed by atoms with van der Waals surface area (Å²) < 4.78 is 0. The van der Waals surface area contributed by atoms with Gasteiger partial charge in [-0.15, -0.1) is 0 Å². The minimum absolute atomic E-state index is 0.528. The van der Waals surface area contributed by atoms with E-state index >= 15 is 0 Å². The molecule has 0 aromatic carbocycles. The van der Waals surface area contributed by atoms with Gasteiger partial charge in [0.15, 0.2) is 0 Å². The van der Waals surface area contributed by atoms with Gasteiger partial charge in [0.05, 0.1) is 12.1 Å². The normalized spacial score (nSPS) is 24.0. The smallest absolute Gasteiger partial charge is 0.128 e. The number of likely N-dealkylation sites (tertiary alicyclic amines) is 1. The van der Waals surface area contributed by atoms with E-state index in [0.717, 1.165) is 12.4 Å². The van der Waals surface area contributed by atoms with Crippen LogP contribution in [-0.4, -0.2) is 42.6 Å². The number of hydrogen-bond donors (Lipinski definition) is 0. The van der Waals surface area contributed by atoms with Crippen LogP contribution in [0, 0.1) is 29.1 Å². The third-order valence-corrected chi connectivity index (χ3v) is 5.54. The summed E-state index contributed by atoms with van der Waals surface area (Å²) in [7, 11) is 2.11. The second-order valence-corrected chi connectivity index (χ2v) is 7.29. The van der Waals surface area contributed by atoms with E-state index in [1.807, 2.05) is 12.1 Å². The highest BCUT2D eigenvalue weighted by Crippen LogP contribution is 2.28. The topological polar surface area (TPSA) is 43.2 Å². The lowest BCUT2D eigenvalue weighted by Gasteiger charge is -2.34. The minimum Gasteiger partial charge on any atom is -0.357 e. The fourth-order valence-corrected chi connectivity index (χ4v) is 3.87. The Morgan fingerprint density at radius 2 is 1.92 bits per heavy atom. The lowest BCUT2D eigenvalue weighted by molar-refractivity contribution is 0.255. The fraction of sp³-hybridized carbons (Fsp3) is 0.619. The first-order valence-corrected chi connectivity index (χ1v) is 9.56. The van der Waals surface area contributed by atoms with Gasteiger partial charge in [0.1, 0.15) is 11.9 Å². The molecular weight excluding hydrogens is 308 g/mol. The predicted octanol–water partition coefficient (Wildman–Crippen LogP) is 3.44. The SMILES string of the molecule is CN(c1ccc(C#N)cn1)[C@H]1CC[C@H](C#CCN2CCCCC2)CC1. The van der Waals surface area contributed by atoms with E-state index in [-0.39, 0.29) is 0 Å². The van der Waals surface area contributed by atoms with E-state index in [2.05, 4.69) is 39.7 Å². The van der Waals surface area contributed by atoms with Crippen LogP contribution in [0.2, 0.25) is 0 Å². The second-order valence-electron chi connectivity index (χ2n) is 7.29. The molecule has 1 aromatic heterocycles. The number of aromatic nitrogens is 1. The van der Waals surface area contributed by atoms with Crippen LogP contribution in [0.15, 0.2) is 18.3 Å². The van der Waals surface area contributed by atoms with Crippen molar-refractivity contribution in [3.8, 4) is 17.9 Å². The van der Waals surface area contributed by atoms with E-state index in [4.69, 9.17) is 5.26 Å². The zero-order chi connectivity index (χ0) is 17.5. The average Bonchev–Trinajstić information content (AvgIpc) is 2.69. The number of nitriles is 1. The van der Waals surface area contributed by atoms with Gasteiger partial charge in [-0.2, -0.15) is 5.26 Å². The Morgan fingerprint density at radius 3 is 2.56 bits per heavy atom. The molecule has 0 radical (unpaired) electrons. The highest BCUT2D eigenvalue weighted by molar-refractivity contribution is 5.42. The van der Waals surface area contributed by atoms with Crippen LogP contribution in [0.25, 0.3) is 0 Å².